The van der Waals surface area contributed by atoms with Crippen LogP contribution in [0.5, 0.6) is 0 Å². The van der Waals surface area contributed by atoms with Gasteiger partial charge in [-0.05, 0) is 26.7 Å². The number of fused-ring (bicyclic) bond motifs is 5. The Kier molecular flexibility index (Phi) is 2.45. The van der Waals surface area contributed by atoms with E-state index in [4.69, 9.17) is 9.47 Å². The van der Waals surface area contributed by atoms with E-state index >= 15 is 0 Å². The highest BCUT2D eigenvalue weighted by Gasteiger charge is 2.64. The predicted octanol–water partition coefficient (Wildman–Crippen LogP) is 0.694. The molecule has 3 rings (SSSR count). The zero-order valence-corrected chi connectivity index (χ0v) is 10.3. The number of carbonyl (C=O) groups is 3. The van der Waals surface area contributed by atoms with Gasteiger partial charge in [0.25, 0.3) is 0 Å². The van der Waals surface area contributed by atoms with Crippen molar-refractivity contribution < 1.29 is 23.9 Å². The Bertz CT molecular complexity index is 404. The predicted molar refractivity (Wildman–Crippen MR) is 58.3 cm³/mol. The Morgan fingerprint density at radius 2 is 1.72 bits per heavy atom. The molecule has 18 heavy (non-hydrogen) atoms. The van der Waals surface area contributed by atoms with Gasteiger partial charge < -0.3 is 9.47 Å². The van der Waals surface area contributed by atoms with Gasteiger partial charge in [0.15, 0.2) is 0 Å². The molecule has 6 heteroatoms. The van der Waals surface area contributed by atoms with Gasteiger partial charge >= 0.3 is 6.09 Å². The van der Waals surface area contributed by atoms with Crippen LogP contribution in [0.1, 0.15) is 26.7 Å². The number of ether oxygens (including phenoxy) is 2. The fourth-order valence-corrected chi connectivity index (χ4v) is 3.15. The summed E-state index contributed by atoms with van der Waals surface area (Å²) < 4.78 is 10.5. The number of nitrogens with zero attached hydrogens (tertiary/aromatic N) is 1. The summed E-state index contributed by atoms with van der Waals surface area (Å²) in [6, 6.07) is 0. The van der Waals surface area contributed by atoms with E-state index < -0.39 is 29.7 Å². The van der Waals surface area contributed by atoms with E-state index in [1.807, 2.05) is 0 Å². The van der Waals surface area contributed by atoms with E-state index in [-0.39, 0.29) is 18.3 Å². The molecule has 3 aliphatic rings. The minimum Gasteiger partial charge on any atom is -0.446 e. The lowest BCUT2D eigenvalue weighted by molar-refractivity contribution is -0.140. The third kappa shape index (κ3) is 1.41. The maximum Gasteiger partial charge on any atom is 0.423 e. The number of likely N-dealkylation sites (tertiary alicyclic amines) is 1. The standard InChI is InChI=1S/C12H15NO5/c1-5(2)17-12(16)13-10(14)8-6-3-4-7(18-6)9(8)11(13)15/h5-9H,3-4H2,1-2H3. The van der Waals surface area contributed by atoms with Gasteiger partial charge in [0.05, 0.1) is 30.1 Å². The van der Waals surface area contributed by atoms with Gasteiger partial charge in [-0.2, -0.15) is 4.90 Å². The number of amides is 3. The van der Waals surface area contributed by atoms with Crippen LogP contribution < -0.4 is 0 Å². The van der Waals surface area contributed by atoms with Crippen LogP contribution in [0.2, 0.25) is 0 Å². The molecule has 0 aliphatic carbocycles. The average Bonchev–Trinajstić information content (AvgIpc) is 2.91. The quantitative estimate of drug-likeness (QED) is 0.643. The molecular weight excluding hydrogens is 238 g/mol. The second-order valence-electron chi connectivity index (χ2n) is 5.29. The molecule has 3 fully saturated rings. The van der Waals surface area contributed by atoms with Crippen LogP contribution in [0.4, 0.5) is 4.79 Å². The smallest absolute Gasteiger partial charge is 0.423 e. The molecule has 0 spiro atoms. The van der Waals surface area contributed by atoms with E-state index in [0.29, 0.717) is 4.90 Å². The molecule has 4 unspecified atom stereocenters. The molecule has 3 aliphatic heterocycles. The van der Waals surface area contributed by atoms with Gasteiger partial charge in [0.1, 0.15) is 0 Å². The molecule has 2 bridgehead atoms. The lowest BCUT2D eigenvalue weighted by atomic mass is 9.81. The molecular formula is C12H15NO5. The van der Waals surface area contributed by atoms with Crippen molar-refractivity contribution in [1.29, 1.82) is 0 Å². The SMILES string of the molecule is CC(C)OC(=O)N1C(=O)C2C3CCC(O3)C2C1=O. The molecule has 0 saturated carbocycles. The van der Waals surface area contributed by atoms with Crippen molar-refractivity contribution in [1.82, 2.24) is 4.90 Å². The summed E-state index contributed by atoms with van der Waals surface area (Å²) >= 11 is 0. The van der Waals surface area contributed by atoms with Crippen molar-refractivity contribution >= 4 is 17.9 Å². The van der Waals surface area contributed by atoms with E-state index in [2.05, 4.69) is 0 Å². The van der Waals surface area contributed by atoms with Crippen molar-refractivity contribution in [2.75, 3.05) is 0 Å². The number of rotatable bonds is 1. The molecule has 0 radical (unpaired) electrons. The van der Waals surface area contributed by atoms with Gasteiger partial charge in [0.2, 0.25) is 11.8 Å². The Morgan fingerprint density at radius 3 is 2.17 bits per heavy atom. The highest BCUT2D eigenvalue weighted by molar-refractivity contribution is 6.16. The van der Waals surface area contributed by atoms with Gasteiger partial charge in [-0.3, -0.25) is 9.59 Å². The first kappa shape index (κ1) is 11.6. The summed E-state index contributed by atoms with van der Waals surface area (Å²) in [5, 5.41) is 0. The number of hydrogen-bond donors (Lipinski definition) is 0. The first-order valence-electron chi connectivity index (χ1n) is 6.24. The summed E-state index contributed by atoms with van der Waals surface area (Å²) in [4.78, 5) is 36.7. The summed E-state index contributed by atoms with van der Waals surface area (Å²) in [5.41, 5.74) is 0. The minimum absolute atomic E-state index is 0.201. The van der Waals surface area contributed by atoms with Crippen molar-refractivity contribution in [3.8, 4) is 0 Å². The van der Waals surface area contributed by atoms with Crippen LogP contribution in [-0.4, -0.2) is 41.1 Å². The maximum atomic E-state index is 12.1. The van der Waals surface area contributed by atoms with Crippen LogP contribution in [0.3, 0.4) is 0 Å². The summed E-state index contributed by atoms with van der Waals surface area (Å²) in [6.45, 7) is 3.35. The Labute approximate surface area is 104 Å². The highest BCUT2D eigenvalue weighted by atomic mass is 16.6. The third-order valence-electron chi connectivity index (χ3n) is 3.80. The Hall–Kier alpha value is -1.43. The number of imide groups is 3. The molecule has 3 heterocycles. The zero-order valence-electron chi connectivity index (χ0n) is 10.3. The largest absolute Gasteiger partial charge is 0.446 e. The lowest BCUT2D eigenvalue weighted by Gasteiger charge is -2.16. The van der Waals surface area contributed by atoms with Gasteiger partial charge in [-0.25, -0.2) is 4.79 Å². The first-order valence-corrected chi connectivity index (χ1v) is 6.24. The van der Waals surface area contributed by atoms with Crippen LogP contribution in [-0.2, 0) is 19.1 Å². The average molecular weight is 253 g/mol. The van der Waals surface area contributed by atoms with Gasteiger partial charge in [-0.15, -0.1) is 0 Å². The van der Waals surface area contributed by atoms with E-state index in [9.17, 15) is 14.4 Å². The normalized spacial score (nSPS) is 37.6. The van der Waals surface area contributed by atoms with Gasteiger partial charge in [-0.1, -0.05) is 0 Å². The van der Waals surface area contributed by atoms with E-state index in [1.165, 1.54) is 0 Å². The van der Waals surface area contributed by atoms with E-state index in [0.717, 1.165) is 12.8 Å². The Morgan fingerprint density at radius 1 is 1.22 bits per heavy atom. The maximum absolute atomic E-state index is 12.1. The minimum atomic E-state index is -0.853. The monoisotopic (exact) mass is 253 g/mol. The van der Waals surface area contributed by atoms with Crippen LogP contribution >= 0.6 is 0 Å². The fraction of sp³-hybridized carbons (Fsp3) is 0.750. The summed E-state index contributed by atoms with van der Waals surface area (Å²) in [7, 11) is 0. The van der Waals surface area contributed by atoms with Gasteiger partial charge in [0, 0.05) is 0 Å². The molecule has 0 aromatic rings. The van der Waals surface area contributed by atoms with E-state index in [1.54, 1.807) is 13.8 Å². The second-order valence-corrected chi connectivity index (χ2v) is 5.29. The molecule has 3 amide bonds. The zero-order chi connectivity index (χ0) is 13.0. The molecule has 98 valence electrons. The molecule has 0 N–H and O–H groups in total. The van der Waals surface area contributed by atoms with Crippen molar-refractivity contribution in [2.45, 2.75) is 45.0 Å². The third-order valence-corrected chi connectivity index (χ3v) is 3.80. The highest BCUT2D eigenvalue weighted by Crippen LogP contribution is 2.48. The van der Waals surface area contributed by atoms with Crippen LogP contribution in [0, 0.1) is 11.8 Å². The van der Waals surface area contributed by atoms with Crippen molar-refractivity contribution in [2.24, 2.45) is 11.8 Å². The summed E-state index contributed by atoms with van der Waals surface area (Å²) in [6.07, 6.45) is -0.0301. The molecule has 4 atom stereocenters. The van der Waals surface area contributed by atoms with Crippen LogP contribution in [0.15, 0.2) is 0 Å². The fourth-order valence-electron chi connectivity index (χ4n) is 3.15. The molecule has 0 aromatic carbocycles. The Balaban J connectivity index is 1.84. The molecule has 0 aromatic heterocycles. The number of hydrogen-bond acceptors (Lipinski definition) is 5. The lowest BCUT2D eigenvalue weighted by Crippen LogP contribution is -2.40. The summed E-state index contributed by atoms with van der Waals surface area (Å²) in [5.74, 6) is -1.86. The first-order chi connectivity index (χ1) is 8.50. The molecule has 6 nitrogen and oxygen atoms in total. The number of carbonyl (C=O) groups excluding carboxylic acids is 3. The second kappa shape index (κ2) is 3.78. The topological polar surface area (TPSA) is 72.9 Å². The molecule has 3 saturated heterocycles. The van der Waals surface area contributed by atoms with Crippen molar-refractivity contribution in [3.63, 3.8) is 0 Å². The van der Waals surface area contributed by atoms with Crippen LogP contribution in [0.25, 0.3) is 0 Å². The van der Waals surface area contributed by atoms with Crippen molar-refractivity contribution in [3.05, 3.63) is 0 Å².